The van der Waals surface area contributed by atoms with Crippen molar-refractivity contribution in [2.45, 2.75) is 31.3 Å². The van der Waals surface area contributed by atoms with Crippen LogP contribution in [0.15, 0.2) is 0 Å². The van der Waals surface area contributed by atoms with Crippen molar-refractivity contribution < 1.29 is 4.79 Å². The van der Waals surface area contributed by atoms with Crippen LogP contribution >= 0.6 is 23.5 Å². The average molecular weight is 204 g/mol. The van der Waals surface area contributed by atoms with Gasteiger partial charge in [0.1, 0.15) is 4.58 Å². The van der Waals surface area contributed by atoms with Crippen LogP contribution in [0.1, 0.15) is 26.7 Å². The van der Waals surface area contributed by atoms with Crippen LogP contribution in [0.5, 0.6) is 0 Å². The molecule has 1 unspecified atom stereocenters. The van der Waals surface area contributed by atoms with Crippen LogP contribution in [0.25, 0.3) is 0 Å². The highest BCUT2D eigenvalue weighted by Crippen LogP contribution is 2.34. The van der Waals surface area contributed by atoms with Gasteiger partial charge in [-0.15, -0.1) is 23.5 Å². The smallest absolute Gasteiger partial charge is 0.158 e. The summed E-state index contributed by atoms with van der Waals surface area (Å²) in [5, 5.41) is 0. The number of ketones is 1. The van der Waals surface area contributed by atoms with Crippen molar-refractivity contribution >= 4 is 29.3 Å². The molecule has 70 valence electrons. The van der Waals surface area contributed by atoms with E-state index in [0.29, 0.717) is 5.78 Å². The molecular formula is C9H16OS2. The number of hydrogen-bond donors (Lipinski definition) is 0. The standard InChI is InChI=1S/C9H16OS2/c1-3-4-7(2)8(10)9-11-5-6-12-9/h7,9H,3-6H2,1-2H3. The minimum atomic E-state index is 0.256. The third-order valence-electron chi connectivity index (χ3n) is 2.06. The Morgan fingerprint density at radius 1 is 1.50 bits per heavy atom. The molecule has 1 aliphatic heterocycles. The summed E-state index contributed by atoms with van der Waals surface area (Å²) in [6, 6.07) is 0. The van der Waals surface area contributed by atoms with E-state index in [4.69, 9.17) is 0 Å². The first-order chi connectivity index (χ1) is 5.75. The number of rotatable bonds is 4. The maximum atomic E-state index is 11.7. The van der Waals surface area contributed by atoms with E-state index < -0.39 is 0 Å². The molecule has 0 aliphatic carbocycles. The maximum absolute atomic E-state index is 11.7. The molecule has 0 radical (unpaired) electrons. The van der Waals surface area contributed by atoms with Crippen LogP contribution in [0.3, 0.4) is 0 Å². The first-order valence-corrected chi connectivity index (χ1v) is 6.62. The zero-order chi connectivity index (χ0) is 8.97. The lowest BCUT2D eigenvalue weighted by Gasteiger charge is -2.12. The SMILES string of the molecule is CCCC(C)C(=O)C1SCCS1. The van der Waals surface area contributed by atoms with Gasteiger partial charge in [0, 0.05) is 17.4 Å². The molecule has 0 spiro atoms. The summed E-state index contributed by atoms with van der Waals surface area (Å²) in [6.45, 7) is 4.20. The molecule has 1 saturated heterocycles. The van der Waals surface area contributed by atoms with E-state index in [1.807, 2.05) is 23.5 Å². The lowest BCUT2D eigenvalue weighted by molar-refractivity contribution is -0.120. The summed E-state index contributed by atoms with van der Waals surface area (Å²) >= 11 is 3.64. The van der Waals surface area contributed by atoms with E-state index in [1.54, 1.807) is 0 Å². The molecule has 1 nitrogen and oxygen atoms in total. The van der Waals surface area contributed by atoms with Gasteiger partial charge in [0.15, 0.2) is 5.78 Å². The first-order valence-electron chi connectivity index (χ1n) is 4.52. The Balaban J connectivity index is 2.34. The van der Waals surface area contributed by atoms with Crippen LogP contribution in [0.4, 0.5) is 0 Å². The lowest BCUT2D eigenvalue weighted by Crippen LogP contribution is -2.19. The molecule has 0 amide bonds. The van der Waals surface area contributed by atoms with Crippen molar-refractivity contribution in [1.82, 2.24) is 0 Å². The van der Waals surface area contributed by atoms with Gasteiger partial charge in [-0.05, 0) is 6.42 Å². The van der Waals surface area contributed by atoms with Crippen molar-refractivity contribution in [2.24, 2.45) is 5.92 Å². The Labute approximate surface area is 83.1 Å². The predicted molar refractivity (Wildman–Crippen MR) is 57.8 cm³/mol. The van der Waals surface area contributed by atoms with Crippen molar-refractivity contribution in [1.29, 1.82) is 0 Å². The molecule has 0 N–H and O–H groups in total. The second-order valence-electron chi connectivity index (χ2n) is 3.17. The van der Waals surface area contributed by atoms with Crippen LogP contribution in [-0.2, 0) is 4.79 Å². The van der Waals surface area contributed by atoms with E-state index in [1.165, 1.54) is 0 Å². The van der Waals surface area contributed by atoms with Crippen molar-refractivity contribution in [3.63, 3.8) is 0 Å². The average Bonchev–Trinajstić information content (AvgIpc) is 2.55. The molecular weight excluding hydrogens is 188 g/mol. The molecule has 0 aromatic carbocycles. The van der Waals surface area contributed by atoms with Crippen LogP contribution in [0.2, 0.25) is 0 Å². The predicted octanol–water partition coefficient (Wildman–Crippen LogP) is 2.80. The normalized spacial score (nSPS) is 21.2. The molecule has 1 heterocycles. The van der Waals surface area contributed by atoms with Gasteiger partial charge < -0.3 is 0 Å². The van der Waals surface area contributed by atoms with E-state index in [-0.39, 0.29) is 10.5 Å². The summed E-state index contributed by atoms with van der Waals surface area (Å²) in [5.74, 6) is 3.04. The van der Waals surface area contributed by atoms with E-state index in [0.717, 1.165) is 24.3 Å². The first kappa shape index (κ1) is 10.5. The van der Waals surface area contributed by atoms with Gasteiger partial charge in [-0.3, -0.25) is 4.79 Å². The number of Topliss-reactive ketones (excluding diaryl/α,β-unsaturated/α-hetero) is 1. The highest BCUT2D eigenvalue weighted by atomic mass is 32.2. The number of thioether (sulfide) groups is 2. The fourth-order valence-corrected chi connectivity index (χ4v) is 4.28. The molecule has 0 saturated carbocycles. The molecule has 3 heteroatoms. The maximum Gasteiger partial charge on any atom is 0.158 e. The molecule has 1 fully saturated rings. The Kier molecular flexibility index (Phi) is 4.51. The topological polar surface area (TPSA) is 17.1 Å². The largest absolute Gasteiger partial charge is 0.297 e. The minimum Gasteiger partial charge on any atom is -0.297 e. The van der Waals surface area contributed by atoms with E-state index >= 15 is 0 Å². The second kappa shape index (κ2) is 5.18. The summed E-state index contributed by atoms with van der Waals surface area (Å²) in [6.07, 6.45) is 2.17. The minimum absolute atomic E-state index is 0.256. The molecule has 1 aliphatic rings. The van der Waals surface area contributed by atoms with E-state index in [9.17, 15) is 4.79 Å². The van der Waals surface area contributed by atoms with Gasteiger partial charge in [0.2, 0.25) is 0 Å². The fourth-order valence-electron chi connectivity index (χ4n) is 1.33. The molecule has 12 heavy (non-hydrogen) atoms. The van der Waals surface area contributed by atoms with Gasteiger partial charge >= 0.3 is 0 Å². The van der Waals surface area contributed by atoms with Crippen molar-refractivity contribution in [3.8, 4) is 0 Å². The van der Waals surface area contributed by atoms with Crippen molar-refractivity contribution in [3.05, 3.63) is 0 Å². The molecule has 1 atom stereocenters. The number of hydrogen-bond acceptors (Lipinski definition) is 3. The lowest BCUT2D eigenvalue weighted by atomic mass is 10.0. The van der Waals surface area contributed by atoms with E-state index in [2.05, 4.69) is 13.8 Å². The number of carbonyl (C=O) groups excluding carboxylic acids is 1. The van der Waals surface area contributed by atoms with Crippen LogP contribution in [-0.4, -0.2) is 21.9 Å². The van der Waals surface area contributed by atoms with Gasteiger partial charge in [-0.1, -0.05) is 20.3 Å². The number of carbonyl (C=O) groups is 1. The zero-order valence-electron chi connectivity index (χ0n) is 7.71. The highest BCUT2D eigenvalue weighted by Gasteiger charge is 2.27. The van der Waals surface area contributed by atoms with Gasteiger partial charge in [0.25, 0.3) is 0 Å². The zero-order valence-corrected chi connectivity index (χ0v) is 9.34. The Bertz CT molecular complexity index is 153. The summed E-state index contributed by atoms with van der Waals surface area (Å²) in [5.41, 5.74) is 0. The molecule has 0 aromatic heterocycles. The second-order valence-corrected chi connectivity index (χ2v) is 5.89. The van der Waals surface area contributed by atoms with Gasteiger partial charge in [-0.2, -0.15) is 0 Å². The fraction of sp³-hybridized carbons (Fsp3) is 0.889. The Morgan fingerprint density at radius 2 is 2.08 bits per heavy atom. The molecule has 0 bridgehead atoms. The Morgan fingerprint density at radius 3 is 2.58 bits per heavy atom. The van der Waals surface area contributed by atoms with Gasteiger partial charge in [-0.25, -0.2) is 0 Å². The van der Waals surface area contributed by atoms with Gasteiger partial charge in [0.05, 0.1) is 0 Å². The Hall–Kier alpha value is 0.370. The molecule has 0 aromatic rings. The highest BCUT2D eigenvalue weighted by molar-refractivity contribution is 8.21. The van der Waals surface area contributed by atoms with Crippen molar-refractivity contribution in [2.75, 3.05) is 11.5 Å². The van der Waals surface area contributed by atoms with Crippen LogP contribution < -0.4 is 0 Å². The summed E-state index contributed by atoms with van der Waals surface area (Å²) in [4.78, 5) is 11.7. The monoisotopic (exact) mass is 204 g/mol. The molecule has 1 rings (SSSR count). The third-order valence-corrected chi connectivity index (χ3v) is 5.09. The quantitative estimate of drug-likeness (QED) is 0.701. The summed E-state index contributed by atoms with van der Waals surface area (Å²) < 4.78 is 0.256. The summed E-state index contributed by atoms with van der Waals surface area (Å²) in [7, 11) is 0. The third kappa shape index (κ3) is 2.70. The van der Waals surface area contributed by atoms with Crippen LogP contribution in [0, 0.1) is 5.92 Å².